The highest BCUT2D eigenvalue weighted by Crippen LogP contribution is 2.36. The maximum absolute atomic E-state index is 15.8. The number of carbonyl (C=O) groups is 2. The van der Waals surface area contributed by atoms with Gasteiger partial charge in [0.05, 0.1) is 24.3 Å². The quantitative estimate of drug-likeness (QED) is 0.533. The molecule has 0 spiro atoms. The van der Waals surface area contributed by atoms with E-state index in [9.17, 15) is 9.59 Å². The average molecular weight is 417 g/mol. The Balaban J connectivity index is 1.74. The molecule has 5 rings (SSSR count). The minimum absolute atomic E-state index is 0.130. The number of H-pyrrole nitrogens is 1. The number of nitrogens with zero attached hydrogens (tertiary/aromatic N) is 1. The van der Waals surface area contributed by atoms with Crippen LogP contribution in [0.2, 0.25) is 0 Å². The number of amides is 2. The van der Waals surface area contributed by atoms with Crippen molar-refractivity contribution >= 4 is 33.6 Å². The summed E-state index contributed by atoms with van der Waals surface area (Å²) in [5.74, 6) is -1.25. The summed E-state index contributed by atoms with van der Waals surface area (Å²) in [5, 5.41) is 0.786. The number of nitrogens with two attached hydrogens (primary N) is 1. The number of aromatic amines is 1. The van der Waals surface area contributed by atoms with Crippen LogP contribution in [0.25, 0.3) is 32.9 Å². The number of morpholine rings is 1. The molecule has 4 aromatic rings. The monoisotopic (exact) mass is 417 g/mol. The molecule has 3 aromatic carbocycles. The lowest BCUT2D eigenvalue weighted by atomic mass is 9.97. The van der Waals surface area contributed by atoms with Gasteiger partial charge in [-0.3, -0.25) is 9.59 Å². The summed E-state index contributed by atoms with van der Waals surface area (Å²) in [5.41, 5.74) is 8.16. The highest BCUT2D eigenvalue weighted by molar-refractivity contribution is 6.17. The minimum Gasteiger partial charge on any atom is -0.378 e. The molecule has 1 aromatic heterocycles. The van der Waals surface area contributed by atoms with Gasteiger partial charge in [-0.25, -0.2) is 4.39 Å². The summed E-state index contributed by atoms with van der Waals surface area (Å²) in [4.78, 5) is 29.9. The summed E-state index contributed by atoms with van der Waals surface area (Å²) in [6, 6.07) is 15.6. The Kier molecular flexibility index (Phi) is 4.67. The molecule has 0 aliphatic carbocycles. The van der Waals surface area contributed by atoms with E-state index in [1.165, 1.54) is 6.07 Å². The summed E-state index contributed by atoms with van der Waals surface area (Å²) in [7, 11) is 0. The molecule has 3 N–H and O–H groups in total. The zero-order valence-electron chi connectivity index (χ0n) is 16.7. The molecule has 1 aliphatic rings. The number of primary amides is 1. The van der Waals surface area contributed by atoms with E-state index in [1.807, 2.05) is 6.07 Å². The summed E-state index contributed by atoms with van der Waals surface area (Å²) < 4.78 is 21.1. The molecule has 0 atom stereocenters. The van der Waals surface area contributed by atoms with E-state index < -0.39 is 11.7 Å². The van der Waals surface area contributed by atoms with Gasteiger partial charge >= 0.3 is 0 Å². The molecule has 2 amide bonds. The Bertz CT molecular complexity index is 1320. The van der Waals surface area contributed by atoms with E-state index in [0.29, 0.717) is 53.8 Å². The van der Waals surface area contributed by atoms with Crippen LogP contribution in [0, 0.1) is 5.82 Å². The summed E-state index contributed by atoms with van der Waals surface area (Å²) in [6.45, 7) is 2.03. The Morgan fingerprint density at radius 2 is 1.77 bits per heavy atom. The molecule has 1 fully saturated rings. The third-order valence-corrected chi connectivity index (χ3v) is 5.71. The van der Waals surface area contributed by atoms with E-state index in [-0.39, 0.29) is 22.4 Å². The third-order valence-electron chi connectivity index (χ3n) is 5.71. The number of halogens is 1. The smallest absolute Gasteiger partial charge is 0.254 e. The standard InChI is InChI=1S/C24H20FN3O3/c25-21-16(14-4-2-1-3-5-14)13-18(23(26)29)22-20(21)17-12-15(6-7-19(17)27-22)24(30)28-8-10-31-11-9-28/h1-7,12-13,27H,8-11H2,(H2,26,29). The maximum atomic E-state index is 15.8. The molecule has 0 saturated carbocycles. The van der Waals surface area contributed by atoms with Crippen molar-refractivity contribution in [1.82, 2.24) is 9.88 Å². The van der Waals surface area contributed by atoms with Crippen LogP contribution in [0.1, 0.15) is 20.7 Å². The molecule has 0 unspecified atom stereocenters. The number of ether oxygens (including phenoxy) is 1. The summed E-state index contributed by atoms with van der Waals surface area (Å²) in [6.07, 6.45) is 0. The van der Waals surface area contributed by atoms with Crippen molar-refractivity contribution in [2.45, 2.75) is 0 Å². The number of benzene rings is 3. The molecular weight excluding hydrogens is 397 g/mol. The molecule has 31 heavy (non-hydrogen) atoms. The predicted octanol–water partition coefficient (Wildman–Crippen LogP) is 3.70. The van der Waals surface area contributed by atoms with Crippen molar-refractivity contribution < 1.29 is 18.7 Å². The highest BCUT2D eigenvalue weighted by atomic mass is 19.1. The second-order valence-electron chi connectivity index (χ2n) is 7.56. The van der Waals surface area contributed by atoms with Gasteiger partial charge in [0.2, 0.25) is 0 Å². The fraction of sp³-hybridized carbons (Fsp3) is 0.167. The van der Waals surface area contributed by atoms with Crippen LogP contribution in [0.3, 0.4) is 0 Å². The van der Waals surface area contributed by atoms with Gasteiger partial charge in [0.15, 0.2) is 0 Å². The topological polar surface area (TPSA) is 88.4 Å². The van der Waals surface area contributed by atoms with Gasteiger partial charge in [0.1, 0.15) is 5.82 Å². The van der Waals surface area contributed by atoms with Gasteiger partial charge in [-0.1, -0.05) is 30.3 Å². The lowest BCUT2D eigenvalue weighted by Gasteiger charge is -2.26. The number of fused-ring (bicyclic) bond motifs is 3. The van der Waals surface area contributed by atoms with E-state index in [1.54, 1.807) is 47.4 Å². The minimum atomic E-state index is -0.654. The second-order valence-corrected chi connectivity index (χ2v) is 7.56. The van der Waals surface area contributed by atoms with Crippen LogP contribution in [-0.2, 0) is 4.74 Å². The van der Waals surface area contributed by atoms with Gasteiger partial charge < -0.3 is 20.4 Å². The van der Waals surface area contributed by atoms with E-state index in [4.69, 9.17) is 10.5 Å². The van der Waals surface area contributed by atoms with Gasteiger partial charge in [0.25, 0.3) is 11.8 Å². The summed E-state index contributed by atoms with van der Waals surface area (Å²) >= 11 is 0. The van der Waals surface area contributed by atoms with Crippen LogP contribution in [0.15, 0.2) is 54.6 Å². The van der Waals surface area contributed by atoms with E-state index in [2.05, 4.69) is 4.98 Å². The second kappa shape index (κ2) is 7.52. The molecule has 6 nitrogen and oxygen atoms in total. The van der Waals surface area contributed by atoms with Crippen LogP contribution < -0.4 is 5.73 Å². The molecule has 156 valence electrons. The molecular formula is C24H20FN3O3. The Hall–Kier alpha value is -3.71. The van der Waals surface area contributed by atoms with Crippen LogP contribution >= 0.6 is 0 Å². The van der Waals surface area contributed by atoms with Crippen LogP contribution in [0.5, 0.6) is 0 Å². The third kappa shape index (κ3) is 3.23. The lowest BCUT2D eigenvalue weighted by Crippen LogP contribution is -2.40. The first-order valence-corrected chi connectivity index (χ1v) is 10.0. The van der Waals surface area contributed by atoms with Crippen molar-refractivity contribution in [1.29, 1.82) is 0 Å². The number of hydrogen-bond donors (Lipinski definition) is 2. The SMILES string of the molecule is NC(=O)c1cc(-c2ccccc2)c(F)c2c1[nH]c1ccc(C(=O)N3CCOCC3)cc12. The van der Waals surface area contributed by atoms with Gasteiger partial charge in [-0.2, -0.15) is 0 Å². The molecule has 1 aliphatic heterocycles. The maximum Gasteiger partial charge on any atom is 0.254 e. The molecule has 1 saturated heterocycles. The van der Waals surface area contributed by atoms with Crippen LogP contribution in [-0.4, -0.2) is 48.0 Å². The van der Waals surface area contributed by atoms with Crippen LogP contribution in [0.4, 0.5) is 4.39 Å². The van der Waals surface area contributed by atoms with E-state index in [0.717, 1.165) is 0 Å². The number of hydrogen-bond acceptors (Lipinski definition) is 3. The zero-order chi connectivity index (χ0) is 21.5. The normalized spacial score (nSPS) is 14.3. The number of aromatic nitrogens is 1. The van der Waals surface area contributed by atoms with Gasteiger partial charge in [0, 0.05) is 40.5 Å². The molecule has 7 heteroatoms. The average Bonchev–Trinajstić information content (AvgIpc) is 3.19. The van der Waals surface area contributed by atoms with Crippen molar-refractivity contribution in [3.05, 3.63) is 71.5 Å². The fourth-order valence-electron chi connectivity index (χ4n) is 4.14. The van der Waals surface area contributed by atoms with Crippen molar-refractivity contribution in [3.63, 3.8) is 0 Å². The Morgan fingerprint density at radius 3 is 2.48 bits per heavy atom. The molecule has 2 heterocycles. The van der Waals surface area contributed by atoms with Crippen molar-refractivity contribution in [3.8, 4) is 11.1 Å². The van der Waals surface area contributed by atoms with Gasteiger partial charge in [-0.15, -0.1) is 0 Å². The van der Waals surface area contributed by atoms with Gasteiger partial charge in [-0.05, 0) is 29.8 Å². The predicted molar refractivity (Wildman–Crippen MR) is 116 cm³/mol. The van der Waals surface area contributed by atoms with Crippen molar-refractivity contribution in [2.24, 2.45) is 5.73 Å². The van der Waals surface area contributed by atoms with E-state index >= 15 is 4.39 Å². The first kappa shape index (κ1) is 19.3. The number of carbonyl (C=O) groups excluding carboxylic acids is 2. The fourth-order valence-corrected chi connectivity index (χ4v) is 4.14. The molecule has 0 bridgehead atoms. The largest absolute Gasteiger partial charge is 0.378 e. The molecule has 0 radical (unpaired) electrons. The first-order chi connectivity index (χ1) is 15.0. The number of nitrogens with one attached hydrogen (secondary N) is 1. The Labute approximate surface area is 177 Å². The van der Waals surface area contributed by atoms with Crippen molar-refractivity contribution in [2.75, 3.05) is 26.3 Å². The lowest BCUT2D eigenvalue weighted by molar-refractivity contribution is 0.0303. The Morgan fingerprint density at radius 1 is 1.03 bits per heavy atom. The first-order valence-electron chi connectivity index (χ1n) is 10.0. The highest BCUT2D eigenvalue weighted by Gasteiger charge is 2.23. The number of rotatable bonds is 3. The zero-order valence-corrected chi connectivity index (χ0v) is 16.7.